The minimum Gasteiger partial charge on any atom is -0.381 e. The number of amides is 1. The molecule has 0 aromatic heterocycles. The van der Waals surface area contributed by atoms with E-state index in [2.05, 4.69) is 5.32 Å². The number of nitrogens with two attached hydrogens (primary N) is 1. The van der Waals surface area contributed by atoms with Crippen LogP contribution in [0.15, 0.2) is 0 Å². The van der Waals surface area contributed by atoms with E-state index in [0.717, 1.165) is 19.3 Å². The van der Waals surface area contributed by atoms with Gasteiger partial charge in [-0.25, -0.2) is 0 Å². The third-order valence-electron chi connectivity index (χ3n) is 3.08. The number of hydrogen-bond donors (Lipinski definition) is 2. The zero-order valence-corrected chi connectivity index (χ0v) is 9.88. The molecule has 0 aromatic rings. The van der Waals surface area contributed by atoms with E-state index >= 15 is 0 Å². The molecule has 2 unspecified atom stereocenters. The van der Waals surface area contributed by atoms with Crippen molar-refractivity contribution in [2.75, 3.05) is 7.11 Å². The van der Waals surface area contributed by atoms with Crippen LogP contribution in [0.5, 0.6) is 0 Å². The highest BCUT2D eigenvalue weighted by Crippen LogP contribution is 2.30. The Morgan fingerprint density at radius 3 is 2.73 bits per heavy atom. The van der Waals surface area contributed by atoms with E-state index < -0.39 is 5.54 Å². The lowest BCUT2D eigenvalue weighted by molar-refractivity contribution is -0.128. The molecule has 0 radical (unpaired) electrons. The van der Waals surface area contributed by atoms with Crippen LogP contribution in [0.4, 0.5) is 0 Å². The quantitative estimate of drug-likeness (QED) is 0.727. The first-order valence-electron chi connectivity index (χ1n) is 5.60. The van der Waals surface area contributed by atoms with Gasteiger partial charge in [-0.3, -0.25) is 4.79 Å². The van der Waals surface area contributed by atoms with E-state index in [1.165, 1.54) is 0 Å². The average molecular weight is 214 g/mol. The minimum atomic E-state index is -0.562. The van der Waals surface area contributed by atoms with Crippen molar-refractivity contribution in [2.45, 2.75) is 57.2 Å². The molecule has 88 valence electrons. The standard InChI is InChI=1S/C11H22N2O2/c1-8(2)13-11(10(12)14)6-4-5-9(7-11)15-3/h8-9,13H,4-7H2,1-3H3,(H2,12,14). The van der Waals surface area contributed by atoms with Crippen LogP contribution in [0.3, 0.4) is 0 Å². The highest BCUT2D eigenvalue weighted by Gasteiger charge is 2.41. The van der Waals surface area contributed by atoms with E-state index in [0.29, 0.717) is 6.42 Å². The molecule has 0 bridgehead atoms. The number of primary amides is 1. The Labute approximate surface area is 91.5 Å². The maximum Gasteiger partial charge on any atom is 0.237 e. The summed E-state index contributed by atoms with van der Waals surface area (Å²) in [5, 5.41) is 3.30. The monoisotopic (exact) mass is 214 g/mol. The van der Waals surface area contributed by atoms with Crippen molar-refractivity contribution in [1.82, 2.24) is 5.32 Å². The lowest BCUT2D eigenvalue weighted by Crippen LogP contribution is -2.60. The third kappa shape index (κ3) is 2.92. The Morgan fingerprint density at radius 2 is 2.27 bits per heavy atom. The molecular formula is C11H22N2O2. The molecule has 4 nitrogen and oxygen atoms in total. The smallest absolute Gasteiger partial charge is 0.237 e. The summed E-state index contributed by atoms with van der Waals surface area (Å²) in [7, 11) is 1.69. The molecule has 2 atom stereocenters. The molecule has 1 amide bonds. The van der Waals surface area contributed by atoms with E-state index in [4.69, 9.17) is 10.5 Å². The lowest BCUT2D eigenvalue weighted by atomic mass is 9.79. The van der Waals surface area contributed by atoms with Gasteiger partial charge in [-0.1, -0.05) is 0 Å². The first-order valence-corrected chi connectivity index (χ1v) is 5.60. The largest absolute Gasteiger partial charge is 0.381 e. The van der Waals surface area contributed by atoms with Crippen LogP contribution >= 0.6 is 0 Å². The molecule has 0 aromatic carbocycles. The van der Waals surface area contributed by atoms with Crippen molar-refractivity contribution in [3.8, 4) is 0 Å². The van der Waals surface area contributed by atoms with Crippen LogP contribution in [0, 0.1) is 0 Å². The van der Waals surface area contributed by atoms with E-state index in [-0.39, 0.29) is 18.1 Å². The van der Waals surface area contributed by atoms with Crippen LogP contribution in [0.1, 0.15) is 39.5 Å². The number of carbonyl (C=O) groups is 1. The predicted octanol–water partition coefficient (Wildman–Crippen LogP) is 0.797. The Morgan fingerprint density at radius 1 is 1.60 bits per heavy atom. The molecule has 15 heavy (non-hydrogen) atoms. The van der Waals surface area contributed by atoms with Crippen molar-refractivity contribution >= 4 is 5.91 Å². The Balaban J connectivity index is 2.75. The molecule has 1 aliphatic carbocycles. The second-order valence-electron chi connectivity index (χ2n) is 4.70. The molecular weight excluding hydrogens is 192 g/mol. The van der Waals surface area contributed by atoms with Gasteiger partial charge in [0, 0.05) is 19.6 Å². The maximum atomic E-state index is 11.6. The first kappa shape index (κ1) is 12.5. The van der Waals surface area contributed by atoms with Crippen LogP contribution in [0.25, 0.3) is 0 Å². The van der Waals surface area contributed by atoms with Gasteiger partial charge < -0.3 is 15.8 Å². The lowest BCUT2D eigenvalue weighted by Gasteiger charge is -2.40. The fraction of sp³-hybridized carbons (Fsp3) is 0.909. The number of carbonyl (C=O) groups excluding carboxylic acids is 1. The van der Waals surface area contributed by atoms with Gasteiger partial charge in [0.2, 0.25) is 5.91 Å². The number of hydrogen-bond acceptors (Lipinski definition) is 3. The van der Waals surface area contributed by atoms with Gasteiger partial charge in [0.1, 0.15) is 5.54 Å². The van der Waals surface area contributed by atoms with Crippen LogP contribution in [-0.4, -0.2) is 30.7 Å². The van der Waals surface area contributed by atoms with Gasteiger partial charge in [-0.15, -0.1) is 0 Å². The molecule has 1 saturated carbocycles. The van der Waals surface area contributed by atoms with Crippen molar-refractivity contribution < 1.29 is 9.53 Å². The van der Waals surface area contributed by atoms with E-state index in [1.54, 1.807) is 7.11 Å². The normalized spacial score (nSPS) is 31.9. The van der Waals surface area contributed by atoms with Gasteiger partial charge in [0.15, 0.2) is 0 Å². The number of methoxy groups -OCH3 is 1. The molecule has 0 spiro atoms. The van der Waals surface area contributed by atoms with Crippen molar-refractivity contribution in [2.24, 2.45) is 5.73 Å². The highest BCUT2D eigenvalue weighted by molar-refractivity contribution is 5.84. The third-order valence-corrected chi connectivity index (χ3v) is 3.08. The van der Waals surface area contributed by atoms with Crippen LogP contribution in [-0.2, 0) is 9.53 Å². The van der Waals surface area contributed by atoms with Gasteiger partial charge in [0.25, 0.3) is 0 Å². The molecule has 1 aliphatic rings. The zero-order valence-electron chi connectivity index (χ0n) is 9.88. The zero-order chi connectivity index (χ0) is 11.5. The highest BCUT2D eigenvalue weighted by atomic mass is 16.5. The summed E-state index contributed by atoms with van der Waals surface area (Å²) in [6.07, 6.45) is 3.67. The molecule has 1 rings (SSSR count). The van der Waals surface area contributed by atoms with Gasteiger partial charge in [-0.2, -0.15) is 0 Å². The fourth-order valence-electron chi connectivity index (χ4n) is 2.40. The van der Waals surface area contributed by atoms with E-state index in [1.807, 2.05) is 13.8 Å². The minimum absolute atomic E-state index is 0.150. The summed E-state index contributed by atoms with van der Waals surface area (Å²) < 4.78 is 5.33. The summed E-state index contributed by atoms with van der Waals surface area (Å²) >= 11 is 0. The fourth-order valence-corrected chi connectivity index (χ4v) is 2.40. The van der Waals surface area contributed by atoms with Crippen molar-refractivity contribution in [3.05, 3.63) is 0 Å². The summed E-state index contributed by atoms with van der Waals surface area (Å²) in [4.78, 5) is 11.6. The molecule has 0 saturated heterocycles. The summed E-state index contributed by atoms with van der Waals surface area (Å²) in [6, 6.07) is 0.258. The van der Waals surface area contributed by atoms with Crippen molar-refractivity contribution in [1.29, 1.82) is 0 Å². The topological polar surface area (TPSA) is 64.3 Å². The molecule has 0 heterocycles. The van der Waals surface area contributed by atoms with Crippen molar-refractivity contribution in [3.63, 3.8) is 0 Å². The summed E-state index contributed by atoms with van der Waals surface area (Å²) in [5.74, 6) is -0.252. The summed E-state index contributed by atoms with van der Waals surface area (Å²) in [5.41, 5.74) is 4.95. The molecule has 1 fully saturated rings. The number of ether oxygens (including phenoxy) is 1. The molecule has 3 N–H and O–H groups in total. The number of rotatable bonds is 4. The number of nitrogens with one attached hydrogen (secondary N) is 1. The first-order chi connectivity index (χ1) is 7.00. The molecule has 0 aliphatic heterocycles. The van der Waals surface area contributed by atoms with Crippen LogP contribution in [0.2, 0.25) is 0 Å². The Kier molecular flexibility index (Phi) is 4.11. The second kappa shape index (κ2) is 4.94. The Bertz CT molecular complexity index is 231. The molecule has 4 heteroatoms. The Hall–Kier alpha value is -0.610. The van der Waals surface area contributed by atoms with Gasteiger partial charge in [0.05, 0.1) is 6.10 Å². The van der Waals surface area contributed by atoms with Gasteiger partial charge in [-0.05, 0) is 33.1 Å². The SMILES string of the molecule is COC1CCCC(NC(C)C)(C(N)=O)C1. The van der Waals surface area contributed by atoms with Crippen LogP contribution < -0.4 is 11.1 Å². The maximum absolute atomic E-state index is 11.6. The van der Waals surface area contributed by atoms with E-state index in [9.17, 15) is 4.79 Å². The summed E-state index contributed by atoms with van der Waals surface area (Å²) in [6.45, 7) is 4.06. The average Bonchev–Trinajstić information content (AvgIpc) is 2.16. The second-order valence-corrected chi connectivity index (χ2v) is 4.70. The predicted molar refractivity (Wildman–Crippen MR) is 59.5 cm³/mol. The van der Waals surface area contributed by atoms with Gasteiger partial charge >= 0.3 is 0 Å².